The smallest absolute Gasteiger partial charge is 0.273 e. The van der Waals surface area contributed by atoms with Crippen molar-refractivity contribution < 1.29 is 4.79 Å². The van der Waals surface area contributed by atoms with Gasteiger partial charge in [-0.1, -0.05) is 41.9 Å². The van der Waals surface area contributed by atoms with Crippen LogP contribution >= 0.6 is 11.6 Å². The number of nitrogens with two attached hydrogens (primary N) is 1. The van der Waals surface area contributed by atoms with E-state index in [9.17, 15) is 9.59 Å². The van der Waals surface area contributed by atoms with Gasteiger partial charge in [-0.05, 0) is 44.5 Å². The molecule has 0 aliphatic heterocycles. The normalized spacial score (nSPS) is 11.8. The van der Waals surface area contributed by atoms with Crippen molar-refractivity contribution in [1.82, 2.24) is 19.4 Å². The fourth-order valence-electron chi connectivity index (χ4n) is 4.07. The molecule has 0 saturated carbocycles. The monoisotopic (exact) mass is 505 g/mol. The van der Waals surface area contributed by atoms with Gasteiger partial charge >= 0.3 is 0 Å². The average molecular weight is 506 g/mol. The molecular formula is C26H28ClN7O2. The first-order chi connectivity index (χ1) is 17.2. The van der Waals surface area contributed by atoms with Crippen LogP contribution in [-0.4, -0.2) is 25.3 Å². The summed E-state index contributed by atoms with van der Waals surface area (Å²) < 4.78 is 2.98. The molecule has 1 amide bonds. The van der Waals surface area contributed by atoms with Crippen LogP contribution in [0.25, 0.3) is 11.3 Å². The second-order valence-corrected chi connectivity index (χ2v) is 8.97. The molecule has 1 atom stereocenters. The van der Waals surface area contributed by atoms with Gasteiger partial charge in [0.15, 0.2) is 0 Å². The molecular weight excluding hydrogens is 478 g/mol. The minimum atomic E-state index is -0.703. The van der Waals surface area contributed by atoms with E-state index in [4.69, 9.17) is 17.3 Å². The lowest BCUT2D eigenvalue weighted by molar-refractivity contribution is -0.117. The third kappa shape index (κ3) is 4.96. The van der Waals surface area contributed by atoms with Crippen molar-refractivity contribution in [1.29, 1.82) is 0 Å². The molecule has 1 aromatic carbocycles. The predicted molar refractivity (Wildman–Crippen MR) is 143 cm³/mol. The van der Waals surface area contributed by atoms with E-state index in [1.807, 2.05) is 37.3 Å². The maximum atomic E-state index is 13.4. The lowest BCUT2D eigenvalue weighted by Gasteiger charge is -2.18. The van der Waals surface area contributed by atoms with Crippen LogP contribution in [0.5, 0.6) is 0 Å². The number of pyridine rings is 2. The first kappa shape index (κ1) is 25.0. The third-order valence-electron chi connectivity index (χ3n) is 6.08. The summed E-state index contributed by atoms with van der Waals surface area (Å²) in [6.45, 7) is 5.53. The average Bonchev–Trinajstić information content (AvgIpc) is 3.14. The molecule has 0 spiro atoms. The topological polar surface area (TPSA) is 120 Å². The SMILES string of the molecule is Cc1ccn(NCc2c(-c3ccccc3)nn(C)c2Cl)c(=O)c1C(C)C(=O)Nc1ccc(N)nc1C. The fourth-order valence-corrected chi connectivity index (χ4v) is 4.27. The van der Waals surface area contributed by atoms with Gasteiger partial charge in [0, 0.05) is 29.9 Å². The van der Waals surface area contributed by atoms with E-state index in [2.05, 4.69) is 20.8 Å². The van der Waals surface area contributed by atoms with Crippen LogP contribution in [-0.2, 0) is 18.4 Å². The molecule has 0 bridgehead atoms. The van der Waals surface area contributed by atoms with Gasteiger partial charge in [-0.15, -0.1) is 0 Å². The number of anilines is 2. The summed E-state index contributed by atoms with van der Waals surface area (Å²) in [5, 5.41) is 7.87. The summed E-state index contributed by atoms with van der Waals surface area (Å²) in [5.74, 6) is -0.648. The maximum Gasteiger partial charge on any atom is 0.273 e. The molecule has 4 aromatic rings. The van der Waals surface area contributed by atoms with Gasteiger partial charge < -0.3 is 16.5 Å². The van der Waals surface area contributed by atoms with Crippen LogP contribution in [0.1, 0.15) is 35.2 Å². The van der Waals surface area contributed by atoms with Crippen LogP contribution in [0, 0.1) is 13.8 Å². The summed E-state index contributed by atoms with van der Waals surface area (Å²) in [6, 6.07) is 14.8. The Morgan fingerprint density at radius 1 is 1.14 bits per heavy atom. The molecule has 0 saturated heterocycles. The highest BCUT2D eigenvalue weighted by molar-refractivity contribution is 6.30. The van der Waals surface area contributed by atoms with Crippen LogP contribution in [0.2, 0.25) is 5.15 Å². The zero-order valence-electron chi connectivity index (χ0n) is 20.5. The molecule has 4 rings (SSSR count). The number of nitrogen functional groups attached to an aromatic ring is 1. The van der Waals surface area contributed by atoms with Gasteiger partial charge in [0.25, 0.3) is 5.56 Å². The summed E-state index contributed by atoms with van der Waals surface area (Å²) in [6.07, 6.45) is 1.65. The minimum Gasteiger partial charge on any atom is -0.384 e. The Kier molecular flexibility index (Phi) is 7.12. The number of aryl methyl sites for hydroxylation is 3. The van der Waals surface area contributed by atoms with Crippen molar-refractivity contribution in [2.45, 2.75) is 33.2 Å². The number of halogens is 1. The third-order valence-corrected chi connectivity index (χ3v) is 6.55. The summed E-state index contributed by atoms with van der Waals surface area (Å²) in [5.41, 5.74) is 13.2. The van der Waals surface area contributed by atoms with Crippen LogP contribution in [0.3, 0.4) is 0 Å². The number of carbonyl (C=O) groups excluding carboxylic acids is 1. The molecule has 36 heavy (non-hydrogen) atoms. The number of nitrogens with one attached hydrogen (secondary N) is 2. The standard InChI is InChI=1S/C26H28ClN7O2/c1-15-12-13-34(29-14-19-23(32-33(4)24(19)27)18-8-6-5-7-9-18)26(36)22(15)16(2)25(35)31-20-10-11-21(28)30-17(20)3/h5-13,16,29H,14H2,1-4H3,(H2,28,30)(H,31,35). The van der Waals surface area contributed by atoms with Gasteiger partial charge in [-0.3, -0.25) is 14.3 Å². The molecule has 1 unspecified atom stereocenters. The highest BCUT2D eigenvalue weighted by Crippen LogP contribution is 2.28. The summed E-state index contributed by atoms with van der Waals surface area (Å²) in [7, 11) is 1.77. The van der Waals surface area contributed by atoms with Crippen molar-refractivity contribution in [3.05, 3.63) is 92.6 Å². The maximum absolute atomic E-state index is 13.4. The number of aromatic nitrogens is 4. The lowest BCUT2D eigenvalue weighted by Crippen LogP contribution is -2.34. The van der Waals surface area contributed by atoms with Gasteiger partial charge in [0.1, 0.15) is 11.0 Å². The number of hydrogen-bond acceptors (Lipinski definition) is 6. The predicted octanol–water partition coefficient (Wildman–Crippen LogP) is 3.98. The molecule has 0 fully saturated rings. The van der Waals surface area contributed by atoms with E-state index in [1.165, 1.54) is 4.68 Å². The highest BCUT2D eigenvalue weighted by Gasteiger charge is 2.23. The fraction of sp³-hybridized carbons (Fsp3) is 0.231. The van der Waals surface area contributed by atoms with Gasteiger partial charge in [0.05, 0.1) is 29.5 Å². The lowest BCUT2D eigenvalue weighted by atomic mass is 9.97. The molecule has 3 heterocycles. The van der Waals surface area contributed by atoms with Crippen LogP contribution in [0.4, 0.5) is 11.5 Å². The van der Waals surface area contributed by atoms with Crippen molar-refractivity contribution in [2.75, 3.05) is 16.5 Å². The second-order valence-electron chi connectivity index (χ2n) is 8.61. The number of amides is 1. The van der Waals surface area contributed by atoms with Crippen molar-refractivity contribution >= 4 is 29.0 Å². The van der Waals surface area contributed by atoms with E-state index in [0.717, 1.165) is 22.4 Å². The summed E-state index contributed by atoms with van der Waals surface area (Å²) in [4.78, 5) is 30.6. The first-order valence-corrected chi connectivity index (χ1v) is 11.8. The summed E-state index contributed by atoms with van der Waals surface area (Å²) >= 11 is 6.53. The molecule has 9 nitrogen and oxygen atoms in total. The Bertz CT molecular complexity index is 1480. The number of benzene rings is 1. The molecule has 4 N–H and O–H groups in total. The van der Waals surface area contributed by atoms with E-state index in [-0.39, 0.29) is 18.0 Å². The number of carbonyl (C=O) groups is 1. The van der Waals surface area contributed by atoms with E-state index < -0.39 is 5.92 Å². The largest absolute Gasteiger partial charge is 0.384 e. The van der Waals surface area contributed by atoms with E-state index >= 15 is 0 Å². The molecule has 0 radical (unpaired) electrons. The Morgan fingerprint density at radius 2 is 1.86 bits per heavy atom. The van der Waals surface area contributed by atoms with E-state index in [1.54, 1.807) is 50.0 Å². The van der Waals surface area contributed by atoms with Gasteiger partial charge in [0.2, 0.25) is 5.91 Å². The van der Waals surface area contributed by atoms with Crippen molar-refractivity contribution in [3.63, 3.8) is 0 Å². The van der Waals surface area contributed by atoms with Crippen molar-refractivity contribution in [3.8, 4) is 11.3 Å². The van der Waals surface area contributed by atoms with Crippen molar-refractivity contribution in [2.24, 2.45) is 7.05 Å². The number of rotatable bonds is 7. The van der Waals surface area contributed by atoms with E-state index in [0.29, 0.717) is 27.9 Å². The molecule has 0 aliphatic rings. The molecule has 186 valence electrons. The van der Waals surface area contributed by atoms with Crippen LogP contribution < -0.4 is 22.0 Å². The molecule has 0 aliphatic carbocycles. The quantitative estimate of drug-likeness (QED) is 0.349. The Labute approximate surface area is 213 Å². The Morgan fingerprint density at radius 3 is 2.56 bits per heavy atom. The minimum absolute atomic E-state index is 0.260. The zero-order chi connectivity index (χ0) is 26.0. The first-order valence-electron chi connectivity index (χ1n) is 11.4. The Balaban J connectivity index is 1.59. The molecule has 10 heteroatoms. The van der Waals surface area contributed by atoms with Crippen LogP contribution in [0.15, 0.2) is 59.5 Å². The Hall–Kier alpha value is -4.11. The van der Waals surface area contributed by atoms with Gasteiger partial charge in [-0.2, -0.15) is 5.10 Å². The zero-order valence-corrected chi connectivity index (χ0v) is 21.3. The highest BCUT2D eigenvalue weighted by atomic mass is 35.5. The number of nitrogens with zero attached hydrogens (tertiary/aromatic N) is 4. The van der Waals surface area contributed by atoms with Gasteiger partial charge in [-0.25, -0.2) is 9.66 Å². The molecule has 3 aromatic heterocycles. The number of hydrogen-bond donors (Lipinski definition) is 3. The second kappa shape index (κ2) is 10.2.